The lowest BCUT2D eigenvalue weighted by Crippen LogP contribution is -2.76. The quantitative estimate of drug-likeness (QED) is 0.805. The van der Waals surface area contributed by atoms with Gasteiger partial charge < -0.3 is 19.5 Å². The Kier molecular flexibility index (Phi) is 2.19. The molecule has 5 atom stereocenters. The molecule has 2 heterocycles. The molecule has 0 aromatic heterocycles. The van der Waals surface area contributed by atoms with E-state index in [-0.39, 0.29) is 28.3 Å². The van der Waals surface area contributed by atoms with Crippen LogP contribution in [0.1, 0.15) is 30.4 Å². The molecule has 6 aliphatic rings. The van der Waals surface area contributed by atoms with Crippen molar-refractivity contribution in [3.63, 3.8) is 0 Å². The van der Waals surface area contributed by atoms with E-state index < -0.39 is 0 Å². The number of ether oxygens (including phenoxy) is 2. The summed E-state index contributed by atoms with van der Waals surface area (Å²) in [5, 5.41) is 10.5. The largest absolute Gasteiger partial charge is 0.504 e. The minimum Gasteiger partial charge on any atom is -0.504 e. The van der Waals surface area contributed by atoms with Crippen molar-refractivity contribution < 1.29 is 14.6 Å². The number of methoxy groups -OCH3 is 1. The highest BCUT2D eigenvalue weighted by molar-refractivity contribution is 5.64. The van der Waals surface area contributed by atoms with E-state index in [0.29, 0.717) is 6.04 Å². The van der Waals surface area contributed by atoms with Crippen LogP contribution in [0, 0.1) is 5.41 Å². The predicted octanol–water partition coefficient (Wildman–Crippen LogP) is 2.39. The summed E-state index contributed by atoms with van der Waals surface area (Å²) in [7, 11) is 4.08. The van der Waals surface area contributed by atoms with Crippen LogP contribution in [-0.2, 0) is 16.6 Å². The number of piperidine rings is 1. The van der Waals surface area contributed by atoms with Gasteiger partial charge >= 0.3 is 0 Å². The number of hydrogen-bond donors (Lipinski definition) is 1. The third-order valence-electron chi connectivity index (χ3n) is 8.00. The summed E-state index contributed by atoms with van der Waals surface area (Å²) in [5.74, 6) is 1.02. The van der Waals surface area contributed by atoms with Crippen molar-refractivity contribution in [1.29, 1.82) is 0 Å². The third-order valence-corrected chi connectivity index (χ3v) is 8.00. The lowest BCUT2D eigenvalue weighted by Gasteiger charge is -2.69. The minimum atomic E-state index is -0.359. The monoisotopic (exact) mass is 325 g/mol. The molecule has 24 heavy (non-hydrogen) atoms. The Hall–Kier alpha value is -1.52. The number of fused-ring (bicyclic) bond motifs is 1. The van der Waals surface area contributed by atoms with Crippen LogP contribution >= 0.6 is 0 Å². The predicted molar refractivity (Wildman–Crippen MR) is 89.5 cm³/mol. The SMILES string of the molecule is CO[C@@]12C=C[C@]3(CC1)[C@H]1Cc4ccc(O)c5c4[C@@]3(CCN1C)[C@@H]2O5. The average Bonchev–Trinajstić information content (AvgIpc) is 2.98. The molecular weight excluding hydrogens is 302 g/mol. The molecule has 4 nitrogen and oxygen atoms in total. The van der Waals surface area contributed by atoms with Crippen LogP contribution in [0.4, 0.5) is 0 Å². The standard InChI is InChI=1S/C20H23NO3/c1-21-10-9-20-15-12-3-4-13(22)16(15)24-17(20)19(23-2)7-5-18(20,6-8-19)14(21)11-12/h3-5,7,14,17,22H,6,8-11H2,1-2H3/t14-,17-,18+,19+,20+/m1/s1. The fraction of sp³-hybridized carbons (Fsp3) is 0.600. The second-order valence-electron chi connectivity index (χ2n) is 8.40. The molecule has 1 aromatic carbocycles. The zero-order chi connectivity index (χ0) is 16.3. The molecule has 4 aliphatic carbocycles. The van der Waals surface area contributed by atoms with Crippen molar-refractivity contribution in [2.24, 2.45) is 5.41 Å². The molecule has 0 unspecified atom stereocenters. The van der Waals surface area contributed by atoms with Crippen LogP contribution in [0.2, 0.25) is 0 Å². The Morgan fingerprint density at radius 1 is 1.25 bits per heavy atom. The molecule has 2 fully saturated rings. The number of rotatable bonds is 1. The fourth-order valence-corrected chi connectivity index (χ4v) is 6.97. The number of phenols is 1. The summed E-state index contributed by atoms with van der Waals surface area (Å²) in [6.45, 7) is 1.08. The Morgan fingerprint density at radius 2 is 2.12 bits per heavy atom. The maximum atomic E-state index is 10.5. The van der Waals surface area contributed by atoms with Gasteiger partial charge in [-0.25, -0.2) is 0 Å². The summed E-state index contributed by atoms with van der Waals surface area (Å²) in [4.78, 5) is 2.55. The molecule has 7 rings (SSSR count). The summed E-state index contributed by atoms with van der Waals surface area (Å²) in [5.41, 5.74) is 2.36. The Morgan fingerprint density at radius 3 is 2.88 bits per heavy atom. The maximum Gasteiger partial charge on any atom is 0.165 e. The number of phenolic OH excluding ortho intramolecular Hbond substituents is 1. The Balaban J connectivity index is 1.75. The normalized spacial score (nSPS) is 46.8. The molecule has 1 saturated carbocycles. The molecule has 2 spiro atoms. The van der Waals surface area contributed by atoms with E-state index in [4.69, 9.17) is 9.47 Å². The lowest BCUT2D eigenvalue weighted by atomic mass is 9.39. The van der Waals surface area contributed by atoms with Gasteiger partial charge in [0.25, 0.3) is 0 Å². The third kappa shape index (κ3) is 1.12. The van der Waals surface area contributed by atoms with Gasteiger partial charge in [-0.15, -0.1) is 0 Å². The molecule has 2 aliphatic heterocycles. The summed E-state index contributed by atoms with van der Waals surface area (Å²) in [6.07, 6.45) is 8.97. The first kappa shape index (κ1) is 13.7. The first-order valence-corrected chi connectivity index (χ1v) is 9.06. The van der Waals surface area contributed by atoms with Gasteiger partial charge in [0.2, 0.25) is 0 Å². The second-order valence-corrected chi connectivity index (χ2v) is 8.40. The van der Waals surface area contributed by atoms with Gasteiger partial charge in [-0.1, -0.05) is 18.2 Å². The molecule has 0 radical (unpaired) electrons. The van der Waals surface area contributed by atoms with E-state index >= 15 is 0 Å². The van der Waals surface area contributed by atoms with Crippen molar-refractivity contribution in [2.75, 3.05) is 20.7 Å². The van der Waals surface area contributed by atoms with Gasteiger partial charge in [0.05, 0.1) is 5.41 Å². The Labute approximate surface area is 142 Å². The minimum absolute atomic E-state index is 0.0210. The number of hydrogen-bond acceptors (Lipinski definition) is 4. The summed E-state index contributed by atoms with van der Waals surface area (Å²) < 4.78 is 12.6. The van der Waals surface area contributed by atoms with Gasteiger partial charge in [-0.3, -0.25) is 0 Å². The van der Waals surface area contributed by atoms with E-state index in [1.807, 2.05) is 13.2 Å². The first-order chi connectivity index (χ1) is 11.6. The molecule has 1 saturated heterocycles. The highest BCUT2D eigenvalue weighted by Gasteiger charge is 2.76. The van der Waals surface area contributed by atoms with Gasteiger partial charge in [0.1, 0.15) is 11.7 Å². The molecule has 0 amide bonds. The zero-order valence-electron chi connectivity index (χ0n) is 14.2. The molecule has 1 N–H and O–H groups in total. The van der Waals surface area contributed by atoms with E-state index in [1.165, 1.54) is 11.1 Å². The summed E-state index contributed by atoms with van der Waals surface area (Å²) in [6, 6.07) is 4.43. The maximum absolute atomic E-state index is 10.5. The molecule has 1 aromatic rings. The van der Waals surface area contributed by atoms with Gasteiger partial charge in [0.15, 0.2) is 11.5 Å². The van der Waals surface area contributed by atoms with E-state index in [9.17, 15) is 5.11 Å². The van der Waals surface area contributed by atoms with Crippen molar-refractivity contribution in [3.05, 3.63) is 35.4 Å². The van der Waals surface area contributed by atoms with Crippen LogP contribution in [0.3, 0.4) is 0 Å². The number of aromatic hydroxyl groups is 1. The topological polar surface area (TPSA) is 41.9 Å². The lowest BCUT2D eigenvalue weighted by molar-refractivity contribution is -0.186. The number of likely N-dealkylation sites (tertiary alicyclic amines) is 1. The molecule has 4 heteroatoms. The van der Waals surface area contributed by atoms with E-state index in [2.05, 4.69) is 30.2 Å². The number of likely N-dealkylation sites (N-methyl/N-ethyl adjacent to an activating group) is 1. The Bertz CT molecular complexity index is 804. The van der Waals surface area contributed by atoms with Crippen LogP contribution < -0.4 is 4.74 Å². The van der Waals surface area contributed by atoms with Gasteiger partial charge in [0, 0.05) is 24.1 Å². The second kappa shape index (κ2) is 3.83. The molecule has 4 bridgehead atoms. The average molecular weight is 325 g/mol. The van der Waals surface area contributed by atoms with Crippen LogP contribution in [-0.4, -0.2) is 48.5 Å². The van der Waals surface area contributed by atoms with Crippen LogP contribution in [0.15, 0.2) is 24.3 Å². The van der Waals surface area contributed by atoms with Crippen molar-refractivity contribution in [2.45, 2.75) is 48.8 Å². The van der Waals surface area contributed by atoms with Gasteiger partial charge in [-0.05, 0) is 50.9 Å². The molecule has 126 valence electrons. The smallest absolute Gasteiger partial charge is 0.165 e. The van der Waals surface area contributed by atoms with Crippen molar-refractivity contribution >= 4 is 0 Å². The van der Waals surface area contributed by atoms with Crippen molar-refractivity contribution in [1.82, 2.24) is 4.90 Å². The van der Waals surface area contributed by atoms with Gasteiger partial charge in [-0.2, -0.15) is 0 Å². The highest BCUT2D eigenvalue weighted by atomic mass is 16.6. The molecular formula is C20H23NO3. The van der Waals surface area contributed by atoms with Crippen LogP contribution in [0.25, 0.3) is 0 Å². The zero-order valence-corrected chi connectivity index (χ0v) is 14.2. The van der Waals surface area contributed by atoms with Crippen LogP contribution in [0.5, 0.6) is 11.5 Å². The first-order valence-electron chi connectivity index (χ1n) is 9.06. The van der Waals surface area contributed by atoms with E-state index in [1.54, 1.807) is 0 Å². The fourth-order valence-electron chi connectivity index (χ4n) is 6.97. The van der Waals surface area contributed by atoms with Crippen molar-refractivity contribution in [3.8, 4) is 11.5 Å². The number of benzene rings is 1. The van der Waals surface area contributed by atoms with E-state index in [0.717, 1.165) is 38.0 Å². The highest BCUT2D eigenvalue weighted by Crippen LogP contribution is 2.73. The number of nitrogens with zero attached hydrogens (tertiary/aromatic N) is 1. The summed E-state index contributed by atoms with van der Waals surface area (Å²) >= 11 is 0.